The lowest BCUT2D eigenvalue weighted by Crippen LogP contribution is -2.12. The smallest absolute Gasteiger partial charge is 0.0535 e. The monoisotopic (exact) mass is 598 g/mol. The Bertz CT molecular complexity index is 2100. The molecule has 0 fully saturated rings. The SMILES string of the molecule is C=CC(=C)C(=C)/C=C\C=C/S/C=C\n1c2ccccc2c2cc(C3=C/N(c4ccccc4)c4ccccc4C(=C)/C=C\3)ccc21. The van der Waals surface area contributed by atoms with Crippen molar-refractivity contribution in [3.05, 3.63) is 199 Å². The van der Waals surface area contributed by atoms with Crippen LogP contribution in [0.25, 0.3) is 39.2 Å². The van der Waals surface area contributed by atoms with Crippen LogP contribution >= 0.6 is 11.8 Å². The molecule has 0 bridgehead atoms. The van der Waals surface area contributed by atoms with Crippen molar-refractivity contribution in [1.29, 1.82) is 0 Å². The van der Waals surface area contributed by atoms with E-state index < -0.39 is 0 Å². The van der Waals surface area contributed by atoms with Crippen LogP contribution in [0.1, 0.15) is 11.1 Å². The van der Waals surface area contributed by atoms with Crippen LogP contribution in [0.4, 0.5) is 11.4 Å². The van der Waals surface area contributed by atoms with Crippen LogP contribution in [-0.4, -0.2) is 4.57 Å². The number of thioether (sulfide) groups is 1. The van der Waals surface area contributed by atoms with Gasteiger partial charge in [-0.3, -0.25) is 0 Å². The molecule has 0 atom stereocenters. The van der Waals surface area contributed by atoms with Crippen LogP contribution in [0.15, 0.2) is 188 Å². The third kappa shape index (κ3) is 6.26. The Morgan fingerprint density at radius 2 is 1.47 bits per heavy atom. The molecule has 1 aromatic heterocycles. The highest BCUT2D eigenvalue weighted by atomic mass is 32.2. The summed E-state index contributed by atoms with van der Waals surface area (Å²) in [7, 11) is 0. The molecule has 2 heterocycles. The first-order chi connectivity index (χ1) is 22.0. The molecule has 3 heteroatoms. The van der Waals surface area contributed by atoms with Gasteiger partial charge in [-0.1, -0.05) is 123 Å². The van der Waals surface area contributed by atoms with Gasteiger partial charge in [0.15, 0.2) is 0 Å². The lowest BCUT2D eigenvalue weighted by atomic mass is 9.97. The van der Waals surface area contributed by atoms with Crippen LogP contribution in [0.3, 0.4) is 0 Å². The number of hydrogen-bond acceptors (Lipinski definition) is 2. The predicted molar refractivity (Wildman–Crippen MR) is 200 cm³/mol. The van der Waals surface area contributed by atoms with Crippen LogP contribution in [-0.2, 0) is 0 Å². The summed E-state index contributed by atoms with van der Waals surface area (Å²) >= 11 is 1.62. The maximum atomic E-state index is 4.40. The highest BCUT2D eigenvalue weighted by molar-refractivity contribution is 8.05. The zero-order chi connectivity index (χ0) is 31.2. The summed E-state index contributed by atoms with van der Waals surface area (Å²) in [5.41, 5.74) is 10.6. The van der Waals surface area contributed by atoms with E-state index in [4.69, 9.17) is 0 Å². The number of nitrogens with zero attached hydrogens (tertiary/aromatic N) is 2. The van der Waals surface area contributed by atoms with Crippen LogP contribution < -0.4 is 4.90 Å². The van der Waals surface area contributed by atoms with Crippen molar-refractivity contribution in [2.75, 3.05) is 4.90 Å². The van der Waals surface area contributed by atoms with Gasteiger partial charge in [0.25, 0.3) is 0 Å². The molecular weight excluding hydrogens is 565 g/mol. The Hall–Kier alpha value is -5.51. The number of rotatable bonds is 9. The molecule has 6 rings (SSSR count). The van der Waals surface area contributed by atoms with Crippen molar-refractivity contribution in [3.63, 3.8) is 0 Å². The topological polar surface area (TPSA) is 8.17 Å². The molecule has 0 spiro atoms. The van der Waals surface area contributed by atoms with Gasteiger partial charge in [0.2, 0.25) is 0 Å². The number of allylic oxidation sites excluding steroid dienone is 10. The van der Waals surface area contributed by atoms with Gasteiger partial charge in [0, 0.05) is 34.4 Å². The minimum atomic E-state index is 0.827. The maximum Gasteiger partial charge on any atom is 0.0535 e. The van der Waals surface area contributed by atoms with E-state index in [9.17, 15) is 0 Å². The van der Waals surface area contributed by atoms with Gasteiger partial charge in [-0.25, -0.2) is 0 Å². The van der Waals surface area contributed by atoms with Gasteiger partial charge in [-0.15, -0.1) is 11.8 Å². The summed E-state index contributed by atoms with van der Waals surface area (Å²) in [5.74, 6) is 0. The molecule has 0 amide bonds. The minimum Gasteiger partial charge on any atom is -0.316 e. The Morgan fingerprint density at radius 1 is 0.711 bits per heavy atom. The molecular formula is C42H34N2S. The second kappa shape index (κ2) is 13.4. The summed E-state index contributed by atoms with van der Waals surface area (Å²) in [5, 5.41) is 6.57. The molecule has 0 saturated carbocycles. The molecule has 1 aliphatic rings. The van der Waals surface area contributed by atoms with Crippen molar-refractivity contribution >= 4 is 62.3 Å². The molecule has 1 aliphatic heterocycles. The number of hydrogen-bond donors (Lipinski definition) is 0. The normalized spacial score (nSPS) is 15.3. The summed E-state index contributed by atoms with van der Waals surface area (Å²) in [6, 6.07) is 34.2. The highest BCUT2D eigenvalue weighted by Crippen LogP contribution is 2.38. The second-order valence-electron chi connectivity index (χ2n) is 10.6. The molecule has 0 aliphatic carbocycles. The van der Waals surface area contributed by atoms with Crippen LogP contribution in [0, 0.1) is 0 Å². The highest BCUT2D eigenvalue weighted by Gasteiger charge is 2.17. The quantitative estimate of drug-likeness (QED) is 0.156. The molecule has 2 nitrogen and oxygen atoms in total. The van der Waals surface area contributed by atoms with E-state index >= 15 is 0 Å². The Labute approximate surface area is 270 Å². The van der Waals surface area contributed by atoms with E-state index in [2.05, 4.69) is 157 Å². The third-order valence-corrected chi connectivity index (χ3v) is 8.43. The van der Waals surface area contributed by atoms with E-state index in [1.165, 1.54) is 16.3 Å². The number of aromatic nitrogens is 1. The van der Waals surface area contributed by atoms with E-state index in [0.717, 1.165) is 50.3 Å². The zero-order valence-electron chi connectivity index (χ0n) is 25.1. The Morgan fingerprint density at radius 3 is 2.31 bits per heavy atom. The summed E-state index contributed by atoms with van der Waals surface area (Å²) in [4.78, 5) is 2.26. The first-order valence-corrected chi connectivity index (χ1v) is 15.7. The van der Waals surface area contributed by atoms with E-state index in [0.29, 0.717) is 0 Å². The van der Waals surface area contributed by atoms with Gasteiger partial charge < -0.3 is 9.47 Å². The van der Waals surface area contributed by atoms with E-state index in [1.807, 2.05) is 29.7 Å². The molecule has 5 aromatic rings. The lowest BCUT2D eigenvalue weighted by molar-refractivity contribution is 1.27. The van der Waals surface area contributed by atoms with E-state index in [1.54, 1.807) is 17.8 Å². The Balaban J connectivity index is 1.36. The lowest BCUT2D eigenvalue weighted by Gasteiger charge is -2.26. The third-order valence-electron chi connectivity index (χ3n) is 7.83. The van der Waals surface area contributed by atoms with Gasteiger partial charge in [0.05, 0.1) is 16.7 Å². The van der Waals surface area contributed by atoms with Crippen LogP contribution in [0.5, 0.6) is 0 Å². The Kier molecular flexibility index (Phi) is 8.81. The summed E-state index contributed by atoms with van der Waals surface area (Å²) in [6.07, 6.45) is 16.3. The fourth-order valence-electron chi connectivity index (χ4n) is 5.45. The molecule has 4 aromatic carbocycles. The fourth-order valence-corrected chi connectivity index (χ4v) is 5.91. The second-order valence-corrected chi connectivity index (χ2v) is 11.5. The van der Waals surface area contributed by atoms with E-state index in [-0.39, 0.29) is 0 Å². The molecule has 218 valence electrons. The van der Waals surface area contributed by atoms with Crippen LogP contribution in [0.2, 0.25) is 0 Å². The van der Waals surface area contributed by atoms with Crippen molar-refractivity contribution < 1.29 is 0 Å². The predicted octanol–water partition coefficient (Wildman–Crippen LogP) is 12.1. The molecule has 0 saturated heterocycles. The maximum absolute atomic E-state index is 4.40. The first kappa shape index (κ1) is 29.6. The summed E-state index contributed by atoms with van der Waals surface area (Å²) < 4.78 is 2.26. The number of fused-ring (bicyclic) bond motifs is 4. The van der Waals surface area contributed by atoms with Crippen molar-refractivity contribution in [3.8, 4) is 0 Å². The fraction of sp³-hybridized carbons (Fsp3) is 0. The number of para-hydroxylation sites is 3. The summed E-state index contributed by atoms with van der Waals surface area (Å²) in [6.45, 7) is 16.1. The van der Waals surface area contributed by atoms with Gasteiger partial charge in [-0.05, 0) is 75.1 Å². The zero-order valence-corrected chi connectivity index (χ0v) is 26.0. The number of anilines is 2. The average Bonchev–Trinajstić information content (AvgIpc) is 3.39. The molecule has 45 heavy (non-hydrogen) atoms. The van der Waals surface area contributed by atoms with Gasteiger partial charge in [-0.2, -0.15) is 0 Å². The minimum absolute atomic E-state index is 0.827. The van der Waals surface area contributed by atoms with Crippen molar-refractivity contribution in [2.45, 2.75) is 0 Å². The molecule has 0 radical (unpaired) electrons. The van der Waals surface area contributed by atoms with Crippen molar-refractivity contribution in [2.24, 2.45) is 0 Å². The van der Waals surface area contributed by atoms with Gasteiger partial charge in [0.1, 0.15) is 0 Å². The number of benzene rings is 4. The largest absolute Gasteiger partial charge is 0.316 e. The molecule has 0 unspecified atom stereocenters. The first-order valence-electron chi connectivity index (χ1n) is 14.8. The van der Waals surface area contributed by atoms with Crippen molar-refractivity contribution in [1.82, 2.24) is 4.57 Å². The molecule has 0 N–H and O–H groups in total. The van der Waals surface area contributed by atoms with Gasteiger partial charge >= 0.3 is 0 Å². The average molecular weight is 599 g/mol. The standard InChI is InChI=1S/C42H34N2S/c1-5-31(2)32(3)15-13-14-27-45-28-26-43-41-21-12-10-19-38(41)39-29-34(24-25-42(39)43)35-23-22-33(4)37-18-9-11-20-40(37)44(30-35)36-16-7-6-8-17-36/h5-30H,1-4H2/b15-13-,23-22-,27-14-,28-26-,35-30+.